The van der Waals surface area contributed by atoms with Crippen LogP contribution in [-0.2, 0) is 14.3 Å². The van der Waals surface area contributed by atoms with Crippen molar-refractivity contribution in [2.24, 2.45) is 11.3 Å². The summed E-state index contributed by atoms with van der Waals surface area (Å²) < 4.78 is 28.9. The second kappa shape index (κ2) is 6.92. The molecule has 1 saturated heterocycles. The molecule has 1 aromatic carbocycles. The number of benzene rings is 1. The van der Waals surface area contributed by atoms with E-state index in [1.807, 2.05) is 24.3 Å². The fraction of sp³-hybridized carbons (Fsp3) is 0.421. The van der Waals surface area contributed by atoms with Crippen molar-refractivity contribution in [3.8, 4) is 0 Å². The SMILES string of the molecule is CS(=O)(=O)OC(c1cccnc1)C1CC2(C1)CN(c1ccc(Cl)c(Cl)c1)C2. The van der Waals surface area contributed by atoms with Gasteiger partial charge in [-0.05, 0) is 43.0 Å². The van der Waals surface area contributed by atoms with E-state index in [0.717, 1.165) is 43.4 Å². The minimum atomic E-state index is -3.55. The Morgan fingerprint density at radius 2 is 1.96 bits per heavy atom. The summed E-state index contributed by atoms with van der Waals surface area (Å²) in [4.78, 5) is 6.38. The molecule has 1 atom stereocenters. The average molecular weight is 427 g/mol. The molecule has 1 aromatic heterocycles. The number of halogens is 2. The van der Waals surface area contributed by atoms with Gasteiger partial charge >= 0.3 is 0 Å². The van der Waals surface area contributed by atoms with Gasteiger partial charge in [-0.1, -0.05) is 29.3 Å². The summed E-state index contributed by atoms with van der Waals surface area (Å²) in [6, 6.07) is 9.35. The molecule has 2 aliphatic rings. The summed E-state index contributed by atoms with van der Waals surface area (Å²) in [5.74, 6) is 0.167. The van der Waals surface area contributed by atoms with Crippen LogP contribution in [-0.4, -0.2) is 32.7 Å². The van der Waals surface area contributed by atoms with Gasteiger partial charge in [-0.3, -0.25) is 9.17 Å². The molecule has 1 aliphatic carbocycles. The van der Waals surface area contributed by atoms with Crippen molar-refractivity contribution in [2.45, 2.75) is 18.9 Å². The van der Waals surface area contributed by atoms with Crippen molar-refractivity contribution >= 4 is 39.0 Å². The smallest absolute Gasteiger partial charge is 0.264 e. The number of pyridine rings is 1. The maximum Gasteiger partial charge on any atom is 0.264 e. The van der Waals surface area contributed by atoms with Crippen LogP contribution < -0.4 is 4.90 Å². The zero-order chi connectivity index (χ0) is 19.2. The van der Waals surface area contributed by atoms with E-state index in [9.17, 15) is 8.42 Å². The van der Waals surface area contributed by atoms with Crippen molar-refractivity contribution in [3.05, 3.63) is 58.3 Å². The molecule has 2 heterocycles. The van der Waals surface area contributed by atoms with Gasteiger partial charge in [0, 0.05) is 42.1 Å². The monoisotopic (exact) mass is 426 g/mol. The molecule has 0 radical (unpaired) electrons. The minimum absolute atomic E-state index is 0.167. The van der Waals surface area contributed by atoms with Crippen LogP contribution in [0.1, 0.15) is 24.5 Å². The quantitative estimate of drug-likeness (QED) is 0.666. The number of aromatic nitrogens is 1. The molecule has 0 amide bonds. The lowest BCUT2D eigenvalue weighted by Gasteiger charge is -2.61. The Morgan fingerprint density at radius 1 is 1.22 bits per heavy atom. The lowest BCUT2D eigenvalue weighted by molar-refractivity contribution is -0.0386. The van der Waals surface area contributed by atoms with Crippen LogP contribution in [0.15, 0.2) is 42.7 Å². The summed E-state index contributed by atoms with van der Waals surface area (Å²) in [7, 11) is -3.55. The molecule has 144 valence electrons. The largest absolute Gasteiger partial charge is 0.370 e. The number of rotatable bonds is 5. The van der Waals surface area contributed by atoms with Crippen LogP contribution >= 0.6 is 23.2 Å². The molecular weight excluding hydrogens is 407 g/mol. The highest BCUT2D eigenvalue weighted by Gasteiger charge is 2.55. The Bertz CT molecular complexity index is 939. The normalized spacial score (nSPS) is 20.2. The van der Waals surface area contributed by atoms with Crippen LogP contribution in [0, 0.1) is 11.3 Å². The standard InChI is InChI=1S/C19H20Cl2N2O3S/c1-27(24,25)26-18(13-3-2-6-22-10-13)14-8-19(9-14)11-23(12-19)15-4-5-16(20)17(21)7-15/h2-7,10,14,18H,8-9,11-12H2,1H3. The Hall–Kier alpha value is -1.34. The molecular formula is C19H20Cl2N2O3S. The second-order valence-corrected chi connectivity index (χ2v) is 10.0. The molecule has 2 fully saturated rings. The Morgan fingerprint density at radius 3 is 2.56 bits per heavy atom. The molecule has 1 unspecified atom stereocenters. The highest BCUT2D eigenvalue weighted by atomic mass is 35.5. The Balaban J connectivity index is 1.42. The Labute approximate surface area is 169 Å². The van der Waals surface area contributed by atoms with Crippen LogP contribution in [0.3, 0.4) is 0 Å². The average Bonchev–Trinajstić information content (AvgIpc) is 2.54. The highest BCUT2D eigenvalue weighted by molar-refractivity contribution is 7.86. The molecule has 0 N–H and O–H groups in total. The first-order valence-corrected chi connectivity index (χ1v) is 11.3. The van der Waals surface area contributed by atoms with E-state index >= 15 is 0 Å². The third-order valence-corrected chi connectivity index (χ3v) is 6.73. The van der Waals surface area contributed by atoms with Gasteiger partial charge in [-0.25, -0.2) is 0 Å². The van der Waals surface area contributed by atoms with E-state index in [1.165, 1.54) is 0 Å². The third kappa shape index (κ3) is 3.94. The third-order valence-electron chi connectivity index (χ3n) is 5.43. The summed E-state index contributed by atoms with van der Waals surface area (Å²) in [6.07, 6.45) is 5.84. The summed E-state index contributed by atoms with van der Waals surface area (Å²) in [5.41, 5.74) is 2.09. The molecule has 27 heavy (non-hydrogen) atoms. The topological polar surface area (TPSA) is 59.5 Å². The lowest BCUT2D eigenvalue weighted by Crippen LogP contribution is -2.63. The first-order chi connectivity index (χ1) is 12.7. The van der Waals surface area contributed by atoms with Crippen molar-refractivity contribution in [2.75, 3.05) is 24.2 Å². The van der Waals surface area contributed by atoms with E-state index in [2.05, 4.69) is 9.88 Å². The van der Waals surface area contributed by atoms with Crippen molar-refractivity contribution < 1.29 is 12.6 Å². The number of hydrogen-bond donors (Lipinski definition) is 0. The van der Waals surface area contributed by atoms with Crippen molar-refractivity contribution in [3.63, 3.8) is 0 Å². The first kappa shape index (κ1) is 19.0. The van der Waals surface area contributed by atoms with Gasteiger partial charge in [0.1, 0.15) is 6.10 Å². The minimum Gasteiger partial charge on any atom is -0.370 e. The summed E-state index contributed by atoms with van der Waals surface area (Å²) in [6.45, 7) is 1.86. The van der Waals surface area contributed by atoms with Gasteiger partial charge in [0.2, 0.25) is 0 Å². The lowest BCUT2D eigenvalue weighted by atomic mass is 9.56. The predicted octanol–water partition coefficient (Wildman–Crippen LogP) is 4.32. The highest BCUT2D eigenvalue weighted by Crippen LogP contribution is 2.57. The van der Waals surface area contributed by atoms with Gasteiger partial charge in [0.25, 0.3) is 10.1 Å². The molecule has 4 rings (SSSR count). The van der Waals surface area contributed by atoms with Gasteiger partial charge in [0.15, 0.2) is 0 Å². The van der Waals surface area contributed by atoms with E-state index in [4.69, 9.17) is 27.4 Å². The maximum atomic E-state index is 11.7. The fourth-order valence-electron chi connectivity index (χ4n) is 4.29. The molecule has 1 aliphatic heterocycles. The van der Waals surface area contributed by atoms with E-state index in [1.54, 1.807) is 18.5 Å². The van der Waals surface area contributed by atoms with Gasteiger partial charge in [0.05, 0.1) is 16.3 Å². The van der Waals surface area contributed by atoms with Crippen LogP contribution in [0.25, 0.3) is 0 Å². The summed E-state index contributed by atoms with van der Waals surface area (Å²) >= 11 is 12.1. The zero-order valence-corrected chi connectivity index (χ0v) is 17.1. The Kier molecular flexibility index (Phi) is 4.87. The van der Waals surface area contributed by atoms with Crippen LogP contribution in [0.2, 0.25) is 10.0 Å². The van der Waals surface area contributed by atoms with Crippen LogP contribution in [0.4, 0.5) is 5.69 Å². The molecule has 2 aromatic rings. The number of anilines is 1. The second-order valence-electron chi connectivity index (χ2n) is 7.63. The molecule has 1 spiro atoms. The van der Waals surface area contributed by atoms with E-state index in [-0.39, 0.29) is 11.3 Å². The van der Waals surface area contributed by atoms with Gasteiger partial charge in [-0.2, -0.15) is 8.42 Å². The molecule has 1 saturated carbocycles. The molecule has 5 nitrogen and oxygen atoms in total. The van der Waals surface area contributed by atoms with Crippen molar-refractivity contribution in [1.29, 1.82) is 0 Å². The predicted molar refractivity (Wildman–Crippen MR) is 107 cm³/mol. The van der Waals surface area contributed by atoms with Crippen molar-refractivity contribution in [1.82, 2.24) is 4.98 Å². The molecule has 0 bridgehead atoms. The van der Waals surface area contributed by atoms with Gasteiger partial charge < -0.3 is 4.90 Å². The number of nitrogens with zero attached hydrogens (tertiary/aromatic N) is 2. The van der Waals surface area contributed by atoms with E-state index in [0.29, 0.717) is 10.0 Å². The first-order valence-electron chi connectivity index (χ1n) is 8.73. The zero-order valence-electron chi connectivity index (χ0n) is 14.8. The molecule has 8 heteroatoms. The fourth-order valence-corrected chi connectivity index (χ4v) is 5.23. The van der Waals surface area contributed by atoms with Crippen LogP contribution in [0.5, 0.6) is 0 Å². The number of hydrogen-bond acceptors (Lipinski definition) is 5. The summed E-state index contributed by atoms with van der Waals surface area (Å²) in [5, 5.41) is 1.11. The van der Waals surface area contributed by atoms with Gasteiger partial charge in [-0.15, -0.1) is 0 Å². The van der Waals surface area contributed by atoms with E-state index < -0.39 is 16.2 Å². The maximum absolute atomic E-state index is 11.7.